The first-order chi connectivity index (χ1) is 11.5. The van der Waals surface area contributed by atoms with E-state index in [-0.39, 0.29) is 6.04 Å². The summed E-state index contributed by atoms with van der Waals surface area (Å²) in [6, 6.07) is 2.47. The highest BCUT2D eigenvalue weighted by molar-refractivity contribution is 7.88. The lowest BCUT2D eigenvalue weighted by molar-refractivity contribution is 0.201. The molecule has 1 aromatic heterocycles. The van der Waals surface area contributed by atoms with Crippen LogP contribution >= 0.6 is 11.3 Å². The van der Waals surface area contributed by atoms with Crippen LogP contribution in [0.2, 0.25) is 0 Å². The topological polar surface area (TPSA) is 52.7 Å². The van der Waals surface area contributed by atoms with E-state index in [1.807, 2.05) is 11.3 Å². The summed E-state index contributed by atoms with van der Waals surface area (Å²) in [6.07, 6.45) is 7.11. The number of nitrogens with one attached hydrogen (secondary N) is 1. The highest BCUT2D eigenvalue weighted by Gasteiger charge is 2.22. The van der Waals surface area contributed by atoms with Gasteiger partial charge in [-0.3, -0.25) is 9.80 Å². The maximum Gasteiger partial charge on any atom is 0.208 e. The van der Waals surface area contributed by atoms with Gasteiger partial charge in [-0.05, 0) is 55.8 Å². The number of thiophene rings is 1. The van der Waals surface area contributed by atoms with Crippen molar-refractivity contribution in [3.05, 3.63) is 21.9 Å². The molecule has 0 aromatic carbocycles. The molecule has 0 spiro atoms. The molecule has 1 N–H and O–H groups in total. The van der Waals surface area contributed by atoms with E-state index < -0.39 is 10.0 Å². The molecule has 1 aromatic rings. The first-order valence-electron chi connectivity index (χ1n) is 8.96. The number of nitrogens with zero attached hydrogens (tertiary/aromatic N) is 2. The lowest BCUT2D eigenvalue weighted by atomic mass is 10.1. The molecule has 0 atom stereocenters. The molecule has 2 fully saturated rings. The quantitative estimate of drug-likeness (QED) is 0.833. The Bertz CT molecular complexity index is 616. The third kappa shape index (κ3) is 5.81. The Hall–Kier alpha value is -0.470. The second-order valence-electron chi connectivity index (χ2n) is 7.20. The molecule has 136 valence electrons. The Kier molecular flexibility index (Phi) is 6.32. The van der Waals surface area contributed by atoms with Crippen molar-refractivity contribution in [2.24, 2.45) is 0 Å². The summed E-state index contributed by atoms with van der Waals surface area (Å²) in [5, 5.41) is 2.31. The normalized spacial score (nSPS) is 22.0. The molecule has 0 unspecified atom stereocenters. The summed E-state index contributed by atoms with van der Waals surface area (Å²) < 4.78 is 25.4. The molecule has 2 aliphatic rings. The molecule has 3 rings (SSSR count). The lowest BCUT2D eigenvalue weighted by Gasteiger charge is -2.31. The van der Waals surface area contributed by atoms with Gasteiger partial charge in [0.25, 0.3) is 0 Å². The number of likely N-dealkylation sites (tertiary alicyclic amines) is 2. The second kappa shape index (κ2) is 8.27. The maximum absolute atomic E-state index is 11.3. The van der Waals surface area contributed by atoms with Crippen molar-refractivity contribution in [3.63, 3.8) is 0 Å². The summed E-state index contributed by atoms with van der Waals surface area (Å²) in [6.45, 7) is 6.50. The minimum Gasteiger partial charge on any atom is -0.299 e. The van der Waals surface area contributed by atoms with Gasteiger partial charge < -0.3 is 0 Å². The monoisotopic (exact) mass is 371 g/mol. The van der Waals surface area contributed by atoms with Crippen LogP contribution in [0.15, 0.2) is 11.4 Å². The number of hydrogen-bond acceptors (Lipinski definition) is 5. The van der Waals surface area contributed by atoms with Crippen LogP contribution in [0.5, 0.6) is 0 Å². The summed E-state index contributed by atoms with van der Waals surface area (Å²) in [7, 11) is -3.08. The minimum absolute atomic E-state index is 0.106. The van der Waals surface area contributed by atoms with Crippen LogP contribution in [-0.4, -0.2) is 56.7 Å². The SMILES string of the molecule is CS(=O)(=O)NC1CCN(Cc2cc(CN3CCCCC3)cs2)CC1. The molecule has 0 amide bonds. The predicted octanol–water partition coefficient (Wildman–Crippen LogP) is 2.25. The average molecular weight is 372 g/mol. The van der Waals surface area contributed by atoms with E-state index in [2.05, 4.69) is 26.0 Å². The Morgan fingerprint density at radius 1 is 1.08 bits per heavy atom. The molecule has 2 aliphatic heterocycles. The van der Waals surface area contributed by atoms with Crippen molar-refractivity contribution in [2.45, 2.75) is 51.2 Å². The zero-order valence-corrected chi connectivity index (χ0v) is 16.2. The number of sulfonamides is 1. The van der Waals surface area contributed by atoms with Gasteiger partial charge in [0.15, 0.2) is 0 Å². The first kappa shape index (κ1) is 18.3. The molecule has 7 heteroatoms. The molecule has 2 saturated heterocycles. The zero-order chi connectivity index (χ0) is 17.0. The number of piperidine rings is 2. The Morgan fingerprint density at radius 3 is 2.42 bits per heavy atom. The van der Waals surface area contributed by atoms with E-state index >= 15 is 0 Å². The molecule has 24 heavy (non-hydrogen) atoms. The molecule has 0 saturated carbocycles. The van der Waals surface area contributed by atoms with Crippen molar-refractivity contribution >= 4 is 21.4 Å². The van der Waals surface area contributed by atoms with Crippen molar-refractivity contribution in [3.8, 4) is 0 Å². The fraction of sp³-hybridized carbons (Fsp3) is 0.765. The van der Waals surface area contributed by atoms with E-state index in [1.165, 1.54) is 49.0 Å². The predicted molar refractivity (Wildman–Crippen MR) is 99.7 cm³/mol. The standard InChI is InChI=1S/C17H29N3O2S2/c1-24(21,22)18-16-5-9-20(10-6-16)13-17-11-15(14-23-17)12-19-7-3-2-4-8-19/h11,14,16,18H,2-10,12-13H2,1H3. The summed E-state index contributed by atoms with van der Waals surface area (Å²) in [5.41, 5.74) is 1.45. The van der Waals surface area contributed by atoms with E-state index in [9.17, 15) is 8.42 Å². The van der Waals surface area contributed by atoms with Crippen LogP contribution in [0, 0.1) is 0 Å². The minimum atomic E-state index is -3.08. The van der Waals surface area contributed by atoms with E-state index in [0.29, 0.717) is 0 Å². The fourth-order valence-electron chi connectivity index (χ4n) is 3.70. The zero-order valence-electron chi connectivity index (χ0n) is 14.5. The summed E-state index contributed by atoms with van der Waals surface area (Å²) in [5.74, 6) is 0. The van der Waals surface area contributed by atoms with Crippen LogP contribution in [0.4, 0.5) is 0 Å². The average Bonchev–Trinajstić information content (AvgIpc) is 2.96. The second-order valence-corrected chi connectivity index (χ2v) is 9.97. The first-order valence-corrected chi connectivity index (χ1v) is 11.7. The van der Waals surface area contributed by atoms with Crippen LogP contribution in [0.25, 0.3) is 0 Å². The van der Waals surface area contributed by atoms with Crippen LogP contribution in [0.3, 0.4) is 0 Å². The molecule has 3 heterocycles. The molecule has 0 aliphatic carbocycles. The van der Waals surface area contributed by atoms with Gasteiger partial charge in [-0.2, -0.15) is 0 Å². The van der Waals surface area contributed by atoms with Crippen LogP contribution < -0.4 is 4.72 Å². The van der Waals surface area contributed by atoms with Crippen molar-refractivity contribution < 1.29 is 8.42 Å². The van der Waals surface area contributed by atoms with Crippen molar-refractivity contribution in [1.29, 1.82) is 0 Å². The summed E-state index contributed by atoms with van der Waals surface area (Å²) >= 11 is 1.86. The van der Waals surface area contributed by atoms with E-state index in [0.717, 1.165) is 39.0 Å². The number of hydrogen-bond donors (Lipinski definition) is 1. The molecule has 0 bridgehead atoms. The lowest BCUT2D eigenvalue weighted by Crippen LogP contribution is -2.43. The highest BCUT2D eigenvalue weighted by atomic mass is 32.2. The van der Waals surface area contributed by atoms with Gasteiger partial charge in [0, 0.05) is 37.1 Å². The molecular formula is C17H29N3O2S2. The van der Waals surface area contributed by atoms with Gasteiger partial charge in [0.05, 0.1) is 6.26 Å². The third-order valence-corrected chi connectivity index (χ3v) is 6.64. The third-order valence-electron chi connectivity index (χ3n) is 4.91. The van der Waals surface area contributed by atoms with E-state index in [4.69, 9.17) is 0 Å². The Balaban J connectivity index is 1.44. The smallest absolute Gasteiger partial charge is 0.208 e. The Labute approximate surface area is 150 Å². The van der Waals surface area contributed by atoms with Crippen molar-refractivity contribution in [1.82, 2.24) is 14.5 Å². The fourth-order valence-corrected chi connectivity index (χ4v) is 5.46. The van der Waals surface area contributed by atoms with Gasteiger partial charge in [0.2, 0.25) is 10.0 Å². The van der Waals surface area contributed by atoms with Gasteiger partial charge in [-0.25, -0.2) is 13.1 Å². The van der Waals surface area contributed by atoms with Gasteiger partial charge in [0.1, 0.15) is 0 Å². The maximum atomic E-state index is 11.3. The summed E-state index contributed by atoms with van der Waals surface area (Å²) in [4.78, 5) is 6.44. The molecular weight excluding hydrogens is 342 g/mol. The van der Waals surface area contributed by atoms with Gasteiger partial charge >= 0.3 is 0 Å². The van der Waals surface area contributed by atoms with Crippen molar-refractivity contribution in [2.75, 3.05) is 32.4 Å². The molecule has 0 radical (unpaired) electrons. The van der Waals surface area contributed by atoms with Crippen LogP contribution in [0.1, 0.15) is 42.5 Å². The van der Waals surface area contributed by atoms with Gasteiger partial charge in [-0.1, -0.05) is 6.42 Å². The largest absolute Gasteiger partial charge is 0.299 e. The van der Waals surface area contributed by atoms with E-state index in [1.54, 1.807) is 0 Å². The van der Waals surface area contributed by atoms with Gasteiger partial charge in [-0.15, -0.1) is 11.3 Å². The van der Waals surface area contributed by atoms with Crippen LogP contribution in [-0.2, 0) is 23.1 Å². The highest BCUT2D eigenvalue weighted by Crippen LogP contribution is 2.22. The molecule has 5 nitrogen and oxygen atoms in total. The number of rotatable bonds is 6. The Morgan fingerprint density at radius 2 is 1.75 bits per heavy atom.